The van der Waals surface area contributed by atoms with Crippen molar-refractivity contribution in [1.29, 1.82) is 0 Å². The molecule has 17 heavy (non-hydrogen) atoms. The predicted molar refractivity (Wildman–Crippen MR) is 63.3 cm³/mol. The topological polar surface area (TPSA) is 56.5 Å². The van der Waals surface area contributed by atoms with Crippen molar-refractivity contribution in [2.45, 2.75) is 20.8 Å². The van der Waals surface area contributed by atoms with Gasteiger partial charge in [0.1, 0.15) is 11.3 Å². The zero-order valence-corrected chi connectivity index (χ0v) is 9.87. The lowest BCUT2D eigenvalue weighted by Crippen LogP contribution is -2.04. The van der Waals surface area contributed by atoms with Gasteiger partial charge in [-0.15, -0.1) is 0 Å². The average Bonchev–Trinajstić information content (AvgIpc) is 2.20. The highest BCUT2D eigenvalue weighted by molar-refractivity contribution is 5.83. The molecule has 88 valence electrons. The second-order valence-corrected chi connectivity index (χ2v) is 3.96. The van der Waals surface area contributed by atoms with Gasteiger partial charge in [-0.25, -0.2) is 4.79 Å². The zero-order valence-electron chi connectivity index (χ0n) is 9.87. The lowest BCUT2D eigenvalue weighted by atomic mass is 10.1. The van der Waals surface area contributed by atoms with E-state index in [1.54, 1.807) is 6.07 Å². The van der Waals surface area contributed by atoms with E-state index in [0.29, 0.717) is 11.3 Å². The van der Waals surface area contributed by atoms with Crippen molar-refractivity contribution in [2.75, 3.05) is 0 Å². The van der Waals surface area contributed by atoms with Crippen LogP contribution in [0.3, 0.4) is 0 Å². The van der Waals surface area contributed by atoms with E-state index in [9.17, 15) is 9.59 Å². The minimum Gasteiger partial charge on any atom is -0.426 e. The van der Waals surface area contributed by atoms with E-state index < -0.39 is 11.6 Å². The summed E-state index contributed by atoms with van der Waals surface area (Å²) in [6, 6.07) is 4.85. The Kier molecular flexibility index (Phi) is 2.71. The summed E-state index contributed by atoms with van der Waals surface area (Å²) in [5.74, 6) is 0.0150. The van der Waals surface area contributed by atoms with E-state index in [-0.39, 0.29) is 0 Å². The number of rotatable bonds is 1. The molecule has 2 rings (SSSR count). The van der Waals surface area contributed by atoms with Gasteiger partial charge >= 0.3 is 11.6 Å². The molecule has 1 heterocycles. The van der Waals surface area contributed by atoms with Crippen LogP contribution in [0.25, 0.3) is 11.0 Å². The molecule has 0 atom stereocenters. The molecule has 0 radical (unpaired) electrons. The maximum atomic E-state index is 11.2. The van der Waals surface area contributed by atoms with Gasteiger partial charge in [-0.1, -0.05) is 0 Å². The van der Waals surface area contributed by atoms with Crippen LogP contribution in [0.4, 0.5) is 0 Å². The van der Waals surface area contributed by atoms with Gasteiger partial charge in [0.2, 0.25) is 0 Å². The number of ether oxygens (including phenoxy) is 1. The summed E-state index contributed by atoms with van der Waals surface area (Å²) in [6.45, 7) is 5.00. The molecule has 1 aromatic carbocycles. The van der Waals surface area contributed by atoms with E-state index in [4.69, 9.17) is 9.15 Å². The first-order chi connectivity index (χ1) is 7.97. The molecule has 0 fully saturated rings. The number of esters is 1. The lowest BCUT2D eigenvalue weighted by molar-refractivity contribution is -0.131. The van der Waals surface area contributed by atoms with Crippen molar-refractivity contribution in [3.05, 3.63) is 39.7 Å². The summed E-state index contributed by atoms with van der Waals surface area (Å²) in [6.07, 6.45) is 0. The standard InChI is InChI=1S/C13H12O4/c1-7-5-13(15)17-12-6-11(16-9(3)14)8(2)4-10(7)12/h4-6H,1-3H3. The third-order valence-electron chi connectivity index (χ3n) is 2.50. The molecule has 4 heteroatoms. The van der Waals surface area contributed by atoms with Crippen LogP contribution >= 0.6 is 0 Å². The monoisotopic (exact) mass is 232 g/mol. The molecule has 0 saturated heterocycles. The Hall–Kier alpha value is -2.10. The molecule has 0 unspecified atom stereocenters. The number of hydrogen-bond acceptors (Lipinski definition) is 4. The maximum absolute atomic E-state index is 11.2. The minimum absolute atomic E-state index is 0.401. The van der Waals surface area contributed by atoms with Crippen LogP contribution in [-0.2, 0) is 4.79 Å². The van der Waals surface area contributed by atoms with Crippen LogP contribution in [0.5, 0.6) is 5.75 Å². The molecular weight excluding hydrogens is 220 g/mol. The van der Waals surface area contributed by atoms with Crippen LogP contribution in [-0.4, -0.2) is 5.97 Å². The quantitative estimate of drug-likeness (QED) is 0.430. The number of hydrogen-bond donors (Lipinski definition) is 0. The highest BCUT2D eigenvalue weighted by atomic mass is 16.5. The fraction of sp³-hybridized carbons (Fsp3) is 0.231. The SMILES string of the molecule is CC(=O)Oc1cc2oc(=O)cc(C)c2cc1C. The number of aryl methyl sites for hydroxylation is 2. The average molecular weight is 232 g/mol. The molecule has 0 spiro atoms. The van der Waals surface area contributed by atoms with Crippen molar-refractivity contribution >= 4 is 16.9 Å². The van der Waals surface area contributed by atoms with Crippen molar-refractivity contribution in [3.63, 3.8) is 0 Å². The third-order valence-corrected chi connectivity index (χ3v) is 2.50. The Morgan fingerprint density at radius 1 is 1.18 bits per heavy atom. The number of carbonyl (C=O) groups is 1. The van der Waals surface area contributed by atoms with Crippen LogP contribution < -0.4 is 10.4 Å². The Bertz CT molecular complexity index is 652. The van der Waals surface area contributed by atoms with Gasteiger partial charge in [0.15, 0.2) is 0 Å². The minimum atomic E-state index is -0.410. The summed E-state index contributed by atoms with van der Waals surface area (Å²) in [4.78, 5) is 22.2. The van der Waals surface area contributed by atoms with Gasteiger partial charge in [-0.3, -0.25) is 4.79 Å². The summed E-state index contributed by atoms with van der Waals surface area (Å²) >= 11 is 0. The largest absolute Gasteiger partial charge is 0.426 e. The molecule has 0 aliphatic heterocycles. The van der Waals surface area contributed by atoms with E-state index in [1.165, 1.54) is 13.0 Å². The van der Waals surface area contributed by atoms with Crippen molar-refractivity contribution in [2.24, 2.45) is 0 Å². The van der Waals surface area contributed by atoms with Crippen LogP contribution in [0.1, 0.15) is 18.1 Å². The van der Waals surface area contributed by atoms with E-state index >= 15 is 0 Å². The molecule has 0 aliphatic rings. The Morgan fingerprint density at radius 3 is 2.53 bits per heavy atom. The third kappa shape index (κ3) is 2.20. The summed E-state index contributed by atoms with van der Waals surface area (Å²) in [5, 5.41) is 0.845. The Labute approximate surface area is 97.8 Å². The fourth-order valence-electron chi connectivity index (χ4n) is 1.72. The van der Waals surface area contributed by atoms with Gasteiger partial charge in [-0.05, 0) is 31.0 Å². The van der Waals surface area contributed by atoms with E-state index in [1.807, 2.05) is 19.9 Å². The number of benzene rings is 1. The van der Waals surface area contributed by atoms with Crippen LogP contribution in [0.2, 0.25) is 0 Å². The zero-order chi connectivity index (χ0) is 12.6. The van der Waals surface area contributed by atoms with Gasteiger partial charge in [0, 0.05) is 24.4 Å². The van der Waals surface area contributed by atoms with E-state index in [0.717, 1.165) is 16.5 Å². The molecule has 1 aromatic heterocycles. The van der Waals surface area contributed by atoms with Crippen molar-refractivity contribution in [1.82, 2.24) is 0 Å². The van der Waals surface area contributed by atoms with Crippen LogP contribution in [0.15, 0.2) is 27.4 Å². The van der Waals surface area contributed by atoms with Gasteiger partial charge < -0.3 is 9.15 Å². The summed E-state index contributed by atoms with van der Waals surface area (Å²) in [7, 11) is 0. The Balaban J connectivity index is 2.71. The molecule has 0 amide bonds. The van der Waals surface area contributed by atoms with Crippen molar-refractivity contribution < 1.29 is 13.9 Å². The molecule has 0 aliphatic carbocycles. The maximum Gasteiger partial charge on any atom is 0.336 e. The van der Waals surface area contributed by atoms with E-state index in [2.05, 4.69) is 0 Å². The molecule has 2 aromatic rings. The second-order valence-electron chi connectivity index (χ2n) is 3.96. The smallest absolute Gasteiger partial charge is 0.336 e. The van der Waals surface area contributed by atoms with Gasteiger partial charge in [0.25, 0.3) is 0 Å². The highest BCUT2D eigenvalue weighted by Gasteiger charge is 2.09. The first-order valence-corrected chi connectivity index (χ1v) is 5.21. The molecular formula is C13H12O4. The van der Waals surface area contributed by atoms with Gasteiger partial charge in [0.05, 0.1) is 0 Å². The number of carbonyl (C=O) groups excluding carboxylic acids is 1. The first kappa shape index (κ1) is 11.4. The molecule has 0 saturated carbocycles. The summed E-state index contributed by atoms with van der Waals surface area (Å²) in [5.41, 5.74) is 1.68. The summed E-state index contributed by atoms with van der Waals surface area (Å²) < 4.78 is 10.1. The van der Waals surface area contributed by atoms with Crippen LogP contribution in [0, 0.1) is 13.8 Å². The lowest BCUT2D eigenvalue weighted by Gasteiger charge is -2.07. The highest BCUT2D eigenvalue weighted by Crippen LogP contribution is 2.26. The first-order valence-electron chi connectivity index (χ1n) is 5.21. The fourth-order valence-corrected chi connectivity index (χ4v) is 1.72. The number of fused-ring (bicyclic) bond motifs is 1. The molecule has 0 bridgehead atoms. The molecule has 4 nitrogen and oxygen atoms in total. The van der Waals surface area contributed by atoms with Crippen molar-refractivity contribution in [3.8, 4) is 5.75 Å². The Morgan fingerprint density at radius 2 is 1.88 bits per heavy atom. The molecule has 0 N–H and O–H groups in total. The predicted octanol–water partition coefficient (Wildman–Crippen LogP) is 2.34. The normalized spacial score (nSPS) is 10.5. The van der Waals surface area contributed by atoms with Gasteiger partial charge in [-0.2, -0.15) is 0 Å². The second kappa shape index (κ2) is 4.05.